The SMILES string of the molecule is Cc1nc(NCCN2CCOCC2)cc(C(=O)N(C)CCc2ccncc2)n1. The molecule has 1 saturated heterocycles. The second kappa shape index (κ2) is 10.1. The molecule has 1 N–H and O–H groups in total. The van der Waals surface area contributed by atoms with Crippen molar-refractivity contribution in [2.24, 2.45) is 0 Å². The molecule has 0 aromatic carbocycles. The summed E-state index contributed by atoms with van der Waals surface area (Å²) < 4.78 is 5.36. The number of hydrogen-bond acceptors (Lipinski definition) is 7. The van der Waals surface area contributed by atoms with E-state index in [1.807, 2.05) is 12.1 Å². The minimum atomic E-state index is -0.101. The Labute approximate surface area is 166 Å². The maximum Gasteiger partial charge on any atom is 0.272 e. The van der Waals surface area contributed by atoms with Crippen molar-refractivity contribution in [1.82, 2.24) is 24.8 Å². The van der Waals surface area contributed by atoms with Crippen molar-refractivity contribution < 1.29 is 9.53 Å². The standard InChI is InChI=1S/C20H28N6O2/c1-16-23-18(20(27)25(2)9-5-17-3-6-21-7-4-17)15-19(24-16)22-8-10-26-11-13-28-14-12-26/h3-4,6-7,15H,5,8-14H2,1-2H3,(H,22,23,24). The summed E-state index contributed by atoms with van der Waals surface area (Å²) in [5, 5.41) is 3.31. The first-order valence-electron chi connectivity index (χ1n) is 9.66. The lowest BCUT2D eigenvalue weighted by Crippen LogP contribution is -2.39. The predicted octanol–water partition coefficient (Wildman–Crippen LogP) is 1.24. The van der Waals surface area contributed by atoms with Crippen molar-refractivity contribution in [2.45, 2.75) is 13.3 Å². The highest BCUT2D eigenvalue weighted by molar-refractivity contribution is 5.92. The van der Waals surface area contributed by atoms with Crippen molar-refractivity contribution in [3.63, 3.8) is 0 Å². The fraction of sp³-hybridized carbons (Fsp3) is 0.500. The molecule has 0 atom stereocenters. The molecule has 150 valence electrons. The van der Waals surface area contributed by atoms with E-state index in [0.717, 1.165) is 51.4 Å². The zero-order valence-corrected chi connectivity index (χ0v) is 16.6. The highest BCUT2D eigenvalue weighted by Gasteiger charge is 2.16. The Balaban J connectivity index is 1.54. The van der Waals surface area contributed by atoms with E-state index in [-0.39, 0.29) is 5.91 Å². The number of morpholine rings is 1. The number of carbonyl (C=O) groups excluding carboxylic acids is 1. The molecule has 2 aromatic heterocycles. The van der Waals surface area contributed by atoms with Gasteiger partial charge in [-0.15, -0.1) is 0 Å². The quantitative estimate of drug-likeness (QED) is 0.733. The Morgan fingerprint density at radius 3 is 2.75 bits per heavy atom. The highest BCUT2D eigenvalue weighted by atomic mass is 16.5. The predicted molar refractivity (Wildman–Crippen MR) is 107 cm³/mol. The third-order valence-electron chi connectivity index (χ3n) is 4.73. The van der Waals surface area contributed by atoms with Gasteiger partial charge in [0.05, 0.1) is 13.2 Å². The van der Waals surface area contributed by atoms with E-state index in [1.54, 1.807) is 37.3 Å². The van der Waals surface area contributed by atoms with Gasteiger partial charge >= 0.3 is 0 Å². The van der Waals surface area contributed by atoms with E-state index in [4.69, 9.17) is 4.74 Å². The van der Waals surface area contributed by atoms with Crippen LogP contribution in [0.15, 0.2) is 30.6 Å². The summed E-state index contributed by atoms with van der Waals surface area (Å²) in [6.45, 7) is 7.59. The molecular formula is C20H28N6O2. The first-order valence-corrected chi connectivity index (χ1v) is 9.66. The number of pyridine rings is 1. The molecule has 28 heavy (non-hydrogen) atoms. The van der Waals surface area contributed by atoms with Crippen LogP contribution in [0.3, 0.4) is 0 Å². The number of carbonyl (C=O) groups is 1. The molecule has 0 unspecified atom stereocenters. The molecule has 0 bridgehead atoms. The first-order chi connectivity index (χ1) is 13.6. The largest absolute Gasteiger partial charge is 0.379 e. The van der Waals surface area contributed by atoms with Crippen LogP contribution in [0.4, 0.5) is 5.82 Å². The highest BCUT2D eigenvalue weighted by Crippen LogP contribution is 2.10. The van der Waals surface area contributed by atoms with Gasteiger partial charge < -0.3 is 15.0 Å². The number of likely N-dealkylation sites (N-methyl/N-ethyl adjacent to an activating group) is 1. The summed E-state index contributed by atoms with van der Waals surface area (Å²) in [6.07, 6.45) is 4.30. The first kappa shape index (κ1) is 20.2. The van der Waals surface area contributed by atoms with Gasteiger partial charge in [-0.2, -0.15) is 0 Å². The molecule has 0 aliphatic carbocycles. The Bertz CT molecular complexity index is 765. The molecule has 8 nitrogen and oxygen atoms in total. The van der Waals surface area contributed by atoms with Crippen LogP contribution in [-0.4, -0.2) is 83.6 Å². The van der Waals surface area contributed by atoms with Gasteiger partial charge in [-0.25, -0.2) is 9.97 Å². The maximum atomic E-state index is 12.8. The molecular weight excluding hydrogens is 356 g/mol. The Morgan fingerprint density at radius 1 is 1.25 bits per heavy atom. The topological polar surface area (TPSA) is 83.5 Å². The van der Waals surface area contributed by atoms with Crippen LogP contribution < -0.4 is 5.32 Å². The summed E-state index contributed by atoms with van der Waals surface area (Å²) >= 11 is 0. The van der Waals surface area contributed by atoms with Gasteiger partial charge in [0.25, 0.3) is 5.91 Å². The fourth-order valence-electron chi connectivity index (χ4n) is 3.08. The van der Waals surface area contributed by atoms with E-state index >= 15 is 0 Å². The van der Waals surface area contributed by atoms with E-state index in [1.165, 1.54) is 0 Å². The van der Waals surface area contributed by atoms with Gasteiger partial charge in [0, 0.05) is 58.2 Å². The molecule has 1 fully saturated rings. The van der Waals surface area contributed by atoms with Gasteiger partial charge in [-0.3, -0.25) is 14.7 Å². The summed E-state index contributed by atoms with van der Waals surface area (Å²) in [7, 11) is 1.80. The third-order valence-corrected chi connectivity index (χ3v) is 4.73. The molecule has 0 saturated carbocycles. The average molecular weight is 384 g/mol. The van der Waals surface area contributed by atoms with Crippen molar-refractivity contribution in [3.8, 4) is 0 Å². The monoisotopic (exact) mass is 384 g/mol. The van der Waals surface area contributed by atoms with E-state index in [2.05, 4.69) is 25.2 Å². The summed E-state index contributed by atoms with van der Waals surface area (Å²) in [5.41, 5.74) is 1.57. The molecule has 1 aliphatic heterocycles. The lowest BCUT2D eigenvalue weighted by molar-refractivity contribution is 0.0398. The molecule has 8 heteroatoms. The third kappa shape index (κ3) is 5.97. The van der Waals surface area contributed by atoms with Gasteiger partial charge in [0.2, 0.25) is 0 Å². The Kier molecular flexibility index (Phi) is 7.27. The summed E-state index contributed by atoms with van der Waals surface area (Å²) in [4.78, 5) is 29.6. The molecule has 0 radical (unpaired) electrons. The van der Waals surface area contributed by atoms with Crippen molar-refractivity contribution in [3.05, 3.63) is 47.7 Å². The van der Waals surface area contributed by atoms with Crippen LogP contribution in [0, 0.1) is 6.92 Å². The Morgan fingerprint density at radius 2 is 2.00 bits per heavy atom. The lowest BCUT2D eigenvalue weighted by atomic mass is 10.2. The van der Waals surface area contributed by atoms with E-state index in [9.17, 15) is 4.79 Å². The van der Waals surface area contributed by atoms with Gasteiger partial charge in [-0.05, 0) is 31.0 Å². The van der Waals surface area contributed by atoms with Gasteiger partial charge in [0.1, 0.15) is 17.3 Å². The number of nitrogens with one attached hydrogen (secondary N) is 1. The average Bonchev–Trinajstić information content (AvgIpc) is 2.72. The lowest BCUT2D eigenvalue weighted by Gasteiger charge is -2.26. The normalized spacial score (nSPS) is 14.6. The minimum Gasteiger partial charge on any atom is -0.379 e. The number of ether oxygens (including phenoxy) is 1. The number of anilines is 1. The van der Waals surface area contributed by atoms with Gasteiger partial charge in [0.15, 0.2) is 0 Å². The van der Waals surface area contributed by atoms with Crippen molar-refractivity contribution in [2.75, 3.05) is 58.3 Å². The second-order valence-corrected chi connectivity index (χ2v) is 6.90. The smallest absolute Gasteiger partial charge is 0.272 e. The summed E-state index contributed by atoms with van der Waals surface area (Å²) in [5.74, 6) is 1.17. The van der Waals surface area contributed by atoms with Crippen LogP contribution >= 0.6 is 0 Å². The van der Waals surface area contributed by atoms with E-state index < -0.39 is 0 Å². The second-order valence-electron chi connectivity index (χ2n) is 6.90. The minimum absolute atomic E-state index is 0.101. The van der Waals surface area contributed by atoms with Gasteiger partial charge in [-0.1, -0.05) is 0 Å². The zero-order valence-electron chi connectivity index (χ0n) is 16.6. The number of amides is 1. The molecule has 1 aliphatic rings. The van der Waals surface area contributed by atoms with Crippen LogP contribution in [0.1, 0.15) is 21.9 Å². The fourth-order valence-corrected chi connectivity index (χ4v) is 3.08. The number of aromatic nitrogens is 3. The van der Waals surface area contributed by atoms with E-state index in [0.29, 0.717) is 23.9 Å². The molecule has 2 aromatic rings. The summed E-state index contributed by atoms with van der Waals surface area (Å²) in [6, 6.07) is 5.66. The number of nitrogens with zero attached hydrogens (tertiary/aromatic N) is 5. The molecule has 0 spiro atoms. The van der Waals surface area contributed by atoms with Crippen LogP contribution in [0.2, 0.25) is 0 Å². The zero-order chi connectivity index (χ0) is 19.8. The van der Waals surface area contributed by atoms with Crippen LogP contribution in [-0.2, 0) is 11.2 Å². The van der Waals surface area contributed by atoms with Crippen molar-refractivity contribution >= 4 is 11.7 Å². The molecule has 1 amide bonds. The molecule has 3 heterocycles. The number of hydrogen-bond donors (Lipinski definition) is 1. The number of aryl methyl sites for hydroxylation is 1. The molecule has 3 rings (SSSR count). The van der Waals surface area contributed by atoms with Crippen LogP contribution in [0.25, 0.3) is 0 Å². The van der Waals surface area contributed by atoms with Crippen LogP contribution in [0.5, 0.6) is 0 Å². The maximum absolute atomic E-state index is 12.8. The number of rotatable bonds is 8. The Hall–Kier alpha value is -2.58. The van der Waals surface area contributed by atoms with Crippen molar-refractivity contribution in [1.29, 1.82) is 0 Å².